The number of nitrogens with one attached hydrogen (secondary N) is 1. The maximum absolute atomic E-state index is 5.75. The molecule has 0 bridgehead atoms. The lowest BCUT2D eigenvalue weighted by atomic mass is 10.2. The molecule has 1 N–H and O–H groups in total. The van der Waals surface area contributed by atoms with Gasteiger partial charge in [0, 0.05) is 18.9 Å². The topological polar surface area (TPSA) is 39.1 Å². The largest absolute Gasteiger partial charge is 0.492 e. The summed E-state index contributed by atoms with van der Waals surface area (Å²) in [4.78, 5) is 4.19. The standard InChI is InChI=1S/C16H23N3O/c1-3-8-17-13-15-4-6-16(7-5-15)20-12-11-19-10-9-18-14(19)2/h4-7,9-10,17H,3,8,11-13H2,1-2H3. The summed E-state index contributed by atoms with van der Waals surface area (Å²) in [6.45, 7) is 7.63. The smallest absolute Gasteiger partial charge is 0.119 e. The molecule has 0 aliphatic rings. The van der Waals surface area contributed by atoms with Crippen molar-refractivity contribution in [3.63, 3.8) is 0 Å². The molecule has 0 radical (unpaired) electrons. The van der Waals surface area contributed by atoms with Crippen molar-refractivity contribution in [2.24, 2.45) is 0 Å². The zero-order chi connectivity index (χ0) is 14.2. The highest BCUT2D eigenvalue weighted by Crippen LogP contribution is 2.12. The Morgan fingerprint density at radius 2 is 2.05 bits per heavy atom. The van der Waals surface area contributed by atoms with Gasteiger partial charge in [-0.2, -0.15) is 0 Å². The third-order valence-electron chi connectivity index (χ3n) is 3.20. The van der Waals surface area contributed by atoms with E-state index in [1.54, 1.807) is 0 Å². The Hall–Kier alpha value is -1.81. The van der Waals surface area contributed by atoms with E-state index >= 15 is 0 Å². The molecule has 0 saturated heterocycles. The first-order valence-corrected chi connectivity index (χ1v) is 7.20. The van der Waals surface area contributed by atoms with E-state index in [0.717, 1.165) is 37.6 Å². The maximum atomic E-state index is 5.75. The summed E-state index contributed by atoms with van der Waals surface area (Å²) in [5.41, 5.74) is 1.29. The van der Waals surface area contributed by atoms with Crippen LogP contribution in [0.15, 0.2) is 36.7 Å². The van der Waals surface area contributed by atoms with Crippen LogP contribution in [0.2, 0.25) is 0 Å². The third kappa shape index (κ3) is 4.38. The number of hydrogen-bond acceptors (Lipinski definition) is 3. The van der Waals surface area contributed by atoms with Crippen molar-refractivity contribution in [2.75, 3.05) is 13.2 Å². The summed E-state index contributed by atoms with van der Waals surface area (Å²) < 4.78 is 7.83. The minimum Gasteiger partial charge on any atom is -0.492 e. The maximum Gasteiger partial charge on any atom is 0.119 e. The highest BCUT2D eigenvalue weighted by molar-refractivity contribution is 5.27. The highest BCUT2D eigenvalue weighted by atomic mass is 16.5. The predicted octanol–water partition coefficient (Wildman–Crippen LogP) is 2.77. The molecule has 20 heavy (non-hydrogen) atoms. The van der Waals surface area contributed by atoms with Gasteiger partial charge in [0.2, 0.25) is 0 Å². The van der Waals surface area contributed by atoms with E-state index in [9.17, 15) is 0 Å². The van der Waals surface area contributed by atoms with Crippen LogP contribution in [-0.4, -0.2) is 22.7 Å². The summed E-state index contributed by atoms with van der Waals surface area (Å²) in [7, 11) is 0. The van der Waals surface area contributed by atoms with Gasteiger partial charge in [-0.1, -0.05) is 19.1 Å². The molecule has 1 aromatic carbocycles. The van der Waals surface area contributed by atoms with Crippen LogP contribution in [0.4, 0.5) is 0 Å². The van der Waals surface area contributed by atoms with Gasteiger partial charge in [0.05, 0.1) is 6.54 Å². The molecule has 0 unspecified atom stereocenters. The number of ether oxygens (including phenoxy) is 1. The first kappa shape index (κ1) is 14.6. The van der Waals surface area contributed by atoms with Crippen LogP contribution in [0, 0.1) is 6.92 Å². The van der Waals surface area contributed by atoms with Gasteiger partial charge in [-0.25, -0.2) is 4.98 Å². The first-order valence-electron chi connectivity index (χ1n) is 7.20. The number of nitrogens with zero attached hydrogens (tertiary/aromatic N) is 2. The normalized spacial score (nSPS) is 10.7. The van der Waals surface area contributed by atoms with E-state index in [1.807, 2.05) is 31.5 Å². The van der Waals surface area contributed by atoms with Crippen LogP contribution in [0.1, 0.15) is 24.7 Å². The van der Waals surface area contributed by atoms with Gasteiger partial charge in [-0.3, -0.25) is 0 Å². The van der Waals surface area contributed by atoms with E-state index in [0.29, 0.717) is 6.61 Å². The zero-order valence-electron chi connectivity index (χ0n) is 12.3. The Balaban J connectivity index is 1.74. The fraction of sp³-hybridized carbons (Fsp3) is 0.438. The molecule has 0 aliphatic heterocycles. The molecular formula is C16H23N3O. The Morgan fingerprint density at radius 3 is 2.70 bits per heavy atom. The fourth-order valence-electron chi connectivity index (χ4n) is 2.01. The van der Waals surface area contributed by atoms with Gasteiger partial charge in [0.15, 0.2) is 0 Å². The van der Waals surface area contributed by atoms with E-state index in [2.05, 4.69) is 33.9 Å². The third-order valence-corrected chi connectivity index (χ3v) is 3.20. The number of benzene rings is 1. The summed E-state index contributed by atoms with van der Waals surface area (Å²) in [6, 6.07) is 8.29. The van der Waals surface area contributed by atoms with Crippen molar-refractivity contribution in [3.05, 3.63) is 48.0 Å². The van der Waals surface area contributed by atoms with Gasteiger partial charge in [-0.15, -0.1) is 0 Å². The second-order valence-electron chi connectivity index (χ2n) is 4.84. The van der Waals surface area contributed by atoms with E-state index < -0.39 is 0 Å². The second-order valence-corrected chi connectivity index (χ2v) is 4.84. The summed E-state index contributed by atoms with van der Waals surface area (Å²) >= 11 is 0. The quantitative estimate of drug-likeness (QED) is 0.752. The molecule has 2 rings (SSSR count). The second kappa shape index (κ2) is 7.70. The number of rotatable bonds is 8. The first-order chi connectivity index (χ1) is 9.79. The van der Waals surface area contributed by atoms with Crippen LogP contribution in [-0.2, 0) is 13.1 Å². The number of aryl methyl sites for hydroxylation is 1. The van der Waals surface area contributed by atoms with Crippen LogP contribution >= 0.6 is 0 Å². The van der Waals surface area contributed by atoms with Crippen molar-refractivity contribution < 1.29 is 4.74 Å². The van der Waals surface area contributed by atoms with Gasteiger partial charge >= 0.3 is 0 Å². The highest BCUT2D eigenvalue weighted by Gasteiger charge is 1.98. The van der Waals surface area contributed by atoms with Crippen molar-refractivity contribution in [2.45, 2.75) is 33.4 Å². The SMILES string of the molecule is CCCNCc1ccc(OCCn2ccnc2C)cc1. The monoisotopic (exact) mass is 273 g/mol. The Bertz CT molecular complexity index is 505. The summed E-state index contributed by atoms with van der Waals surface area (Å²) in [5, 5.41) is 3.39. The lowest BCUT2D eigenvalue weighted by Gasteiger charge is -2.09. The van der Waals surface area contributed by atoms with Gasteiger partial charge in [-0.05, 0) is 37.6 Å². The lowest BCUT2D eigenvalue weighted by molar-refractivity contribution is 0.297. The fourth-order valence-corrected chi connectivity index (χ4v) is 2.01. The summed E-state index contributed by atoms with van der Waals surface area (Å²) in [5.74, 6) is 1.94. The van der Waals surface area contributed by atoms with Crippen molar-refractivity contribution >= 4 is 0 Å². The molecule has 0 spiro atoms. The molecule has 0 amide bonds. The van der Waals surface area contributed by atoms with Gasteiger partial charge in [0.25, 0.3) is 0 Å². The van der Waals surface area contributed by atoms with E-state index in [-0.39, 0.29) is 0 Å². The van der Waals surface area contributed by atoms with Crippen molar-refractivity contribution in [1.82, 2.24) is 14.9 Å². The van der Waals surface area contributed by atoms with Crippen molar-refractivity contribution in [3.8, 4) is 5.75 Å². The Labute approximate surface area is 120 Å². The molecule has 0 atom stereocenters. The van der Waals surface area contributed by atoms with Gasteiger partial charge in [0.1, 0.15) is 18.2 Å². The average Bonchev–Trinajstić information content (AvgIpc) is 2.87. The number of imidazole rings is 1. The molecule has 0 fully saturated rings. The molecular weight excluding hydrogens is 250 g/mol. The van der Waals surface area contributed by atoms with E-state index in [1.165, 1.54) is 5.56 Å². The molecule has 0 aliphatic carbocycles. The molecule has 1 aromatic heterocycles. The molecule has 4 nitrogen and oxygen atoms in total. The molecule has 1 heterocycles. The predicted molar refractivity (Wildman–Crippen MR) is 80.9 cm³/mol. The number of aromatic nitrogens is 2. The van der Waals surface area contributed by atoms with E-state index in [4.69, 9.17) is 4.74 Å². The van der Waals surface area contributed by atoms with Crippen LogP contribution in [0.5, 0.6) is 5.75 Å². The Morgan fingerprint density at radius 1 is 1.25 bits per heavy atom. The average molecular weight is 273 g/mol. The number of hydrogen-bond donors (Lipinski definition) is 1. The van der Waals surface area contributed by atoms with Crippen LogP contribution < -0.4 is 10.1 Å². The Kier molecular flexibility index (Phi) is 5.62. The van der Waals surface area contributed by atoms with Gasteiger partial charge < -0.3 is 14.6 Å². The molecule has 4 heteroatoms. The summed E-state index contributed by atoms with van der Waals surface area (Å²) in [6.07, 6.45) is 4.95. The molecule has 0 saturated carbocycles. The minimum absolute atomic E-state index is 0.657. The zero-order valence-corrected chi connectivity index (χ0v) is 12.3. The van der Waals surface area contributed by atoms with Crippen molar-refractivity contribution in [1.29, 1.82) is 0 Å². The molecule has 108 valence electrons. The van der Waals surface area contributed by atoms with Crippen LogP contribution in [0.25, 0.3) is 0 Å². The lowest BCUT2D eigenvalue weighted by Crippen LogP contribution is -2.13. The molecule has 2 aromatic rings. The van der Waals surface area contributed by atoms with Crippen LogP contribution in [0.3, 0.4) is 0 Å². The minimum atomic E-state index is 0.657.